The predicted octanol–water partition coefficient (Wildman–Crippen LogP) is 1.08. The molecule has 2 heterocycles. The van der Waals surface area contributed by atoms with Gasteiger partial charge in [0.1, 0.15) is 4.88 Å². The van der Waals surface area contributed by atoms with Crippen LogP contribution in [0.15, 0.2) is 11.7 Å². The van der Waals surface area contributed by atoms with Gasteiger partial charge in [-0.05, 0) is 12.8 Å². The lowest BCUT2D eigenvalue weighted by Gasteiger charge is -2.30. The molecule has 0 aromatic carbocycles. The second kappa shape index (κ2) is 4.61. The van der Waals surface area contributed by atoms with Crippen LogP contribution in [0.5, 0.6) is 0 Å². The van der Waals surface area contributed by atoms with Gasteiger partial charge in [-0.15, -0.1) is 11.3 Å². The standard InChI is InChI=1S/C10H12N2O3S/c13-9(8-4-11-6-16-8)12-3-1-2-7(5-12)10(14)15/h4,6-7H,1-3,5H2,(H,14,15)/t7-/m1/s1. The molecule has 1 N–H and O–H groups in total. The zero-order valence-electron chi connectivity index (χ0n) is 8.63. The zero-order chi connectivity index (χ0) is 11.5. The molecule has 0 saturated carbocycles. The summed E-state index contributed by atoms with van der Waals surface area (Å²) in [6.07, 6.45) is 2.93. The van der Waals surface area contributed by atoms with Crippen molar-refractivity contribution < 1.29 is 14.7 Å². The van der Waals surface area contributed by atoms with Crippen LogP contribution < -0.4 is 0 Å². The highest BCUT2D eigenvalue weighted by Gasteiger charge is 2.28. The molecular weight excluding hydrogens is 228 g/mol. The third-order valence-corrected chi connectivity index (χ3v) is 3.46. The second-order valence-electron chi connectivity index (χ2n) is 3.79. The van der Waals surface area contributed by atoms with E-state index in [4.69, 9.17) is 5.11 Å². The van der Waals surface area contributed by atoms with Gasteiger partial charge < -0.3 is 10.0 Å². The smallest absolute Gasteiger partial charge is 0.308 e. The van der Waals surface area contributed by atoms with Crippen LogP contribution in [-0.4, -0.2) is 40.0 Å². The normalized spacial score (nSPS) is 20.8. The van der Waals surface area contributed by atoms with Gasteiger partial charge in [0.25, 0.3) is 5.91 Å². The minimum absolute atomic E-state index is 0.103. The number of piperidine rings is 1. The summed E-state index contributed by atoms with van der Waals surface area (Å²) in [6, 6.07) is 0. The van der Waals surface area contributed by atoms with Gasteiger partial charge in [0.2, 0.25) is 0 Å². The maximum Gasteiger partial charge on any atom is 0.308 e. The first-order valence-electron chi connectivity index (χ1n) is 5.09. The number of thiazole rings is 1. The first-order valence-corrected chi connectivity index (χ1v) is 5.97. The molecule has 0 bridgehead atoms. The Labute approximate surface area is 96.7 Å². The SMILES string of the molecule is O=C(O)[C@@H]1CCCN(C(=O)c2cncs2)C1. The monoisotopic (exact) mass is 240 g/mol. The highest BCUT2D eigenvalue weighted by Crippen LogP contribution is 2.19. The van der Waals surface area contributed by atoms with Crippen molar-refractivity contribution in [2.45, 2.75) is 12.8 Å². The molecule has 0 unspecified atom stereocenters. The number of carbonyl (C=O) groups excluding carboxylic acids is 1. The summed E-state index contributed by atoms with van der Waals surface area (Å²) in [4.78, 5) is 28.8. The molecule has 1 aromatic rings. The van der Waals surface area contributed by atoms with E-state index in [0.717, 1.165) is 6.42 Å². The maximum absolute atomic E-state index is 11.9. The predicted molar refractivity (Wildman–Crippen MR) is 58.4 cm³/mol. The van der Waals surface area contributed by atoms with Crippen LogP contribution in [0, 0.1) is 5.92 Å². The van der Waals surface area contributed by atoms with Crippen molar-refractivity contribution in [3.05, 3.63) is 16.6 Å². The van der Waals surface area contributed by atoms with Gasteiger partial charge in [-0.2, -0.15) is 0 Å². The molecule has 16 heavy (non-hydrogen) atoms. The molecule has 6 heteroatoms. The third kappa shape index (κ3) is 2.21. The van der Waals surface area contributed by atoms with Crippen LogP contribution in [-0.2, 0) is 4.79 Å². The molecule has 1 atom stereocenters. The summed E-state index contributed by atoms with van der Waals surface area (Å²) in [7, 11) is 0. The van der Waals surface area contributed by atoms with Crippen molar-refractivity contribution in [3.63, 3.8) is 0 Å². The van der Waals surface area contributed by atoms with Crippen LogP contribution in [0.2, 0.25) is 0 Å². The summed E-state index contributed by atoms with van der Waals surface area (Å²) in [5.41, 5.74) is 1.60. The largest absolute Gasteiger partial charge is 0.481 e. The van der Waals surface area contributed by atoms with Gasteiger partial charge in [0, 0.05) is 13.1 Å². The lowest BCUT2D eigenvalue weighted by molar-refractivity contribution is -0.143. The molecule has 1 amide bonds. The third-order valence-electron chi connectivity index (χ3n) is 2.70. The number of carbonyl (C=O) groups is 2. The van der Waals surface area contributed by atoms with Crippen LogP contribution in [0.4, 0.5) is 0 Å². The Bertz CT molecular complexity index is 391. The molecule has 86 valence electrons. The van der Waals surface area contributed by atoms with Gasteiger partial charge in [-0.25, -0.2) is 0 Å². The number of carboxylic acid groups (broad SMARTS) is 1. The van der Waals surface area contributed by atoms with Crippen LogP contribution in [0.3, 0.4) is 0 Å². The fraction of sp³-hybridized carbons (Fsp3) is 0.500. The van der Waals surface area contributed by atoms with Gasteiger partial charge >= 0.3 is 5.97 Å². The zero-order valence-corrected chi connectivity index (χ0v) is 9.44. The average Bonchev–Trinajstić information content (AvgIpc) is 2.81. The minimum Gasteiger partial charge on any atom is -0.481 e. The molecule has 1 saturated heterocycles. The van der Waals surface area contributed by atoms with Crippen LogP contribution >= 0.6 is 11.3 Å². The van der Waals surface area contributed by atoms with Crippen molar-refractivity contribution in [1.82, 2.24) is 9.88 Å². The highest BCUT2D eigenvalue weighted by atomic mass is 32.1. The Hall–Kier alpha value is -1.43. The van der Waals surface area contributed by atoms with Crippen molar-refractivity contribution >= 4 is 23.2 Å². The Morgan fingerprint density at radius 1 is 1.56 bits per heavy atom. The molecule has 0 radical (unpaired) electrons. The topological polar surface area (TPSA) is 70.5 Å². The van der Waals surface area contributed by atoms with Gasteiger partial charge in [0.15, 0.2) is 0 Å². The maximum atomic E-state index is 11.9. The Morgan fingerprint density at radius 3 is 3.00 bits per heavy atom. The summed E-state index contributed by atoms with van der Waals surface area (Å²) >= 11 is 1.28. The lowest BCUT2D eigenvalue weighted by atomic mass is 9.98. The van der Waals surface area contributed by atoms with E-state index in [1.807, 2.05) is 0 Å². The van der Waals surface area contributed by atoms with Crippen LogP contribution in [0.1, 0.15) is 22.5 Å². The van der Waals surface area contributed by atoms with E-state index in [2.05, 4.69) is 4.98 Å². The van der Waals surface area contributed by atoms with E-state index in [1.165, 1.54) is 17.5 Å². The fourth-order valence-corrected chi connectivity index (χ4v) is 2.43. The molecule has 0 spiro atoms. The Balaban J connectivity index is 2.05. The summed E-state index contributed by atoms with van der Waals surface area (Å²) in [6.45, 7) is 0.951. The van der Waals surface area contributed by atoms with E-state index in [0.29, 0.717) is 24.4 Å². The molecule has 1 aliphatic heterocycles. The quantitative estimate of drug-likeness (QED) is 0.839. The summed E-state index contributed by atoms with van der Waals surface area (Å²) in [5, 5.41) is 8.92. The molecule has 5 nitrogen and oxygen atoms in total. The second-order valence-corrected chi connectivity index (χ2v) is 4.68. The van der Waals surface area contributed by atoms with Crippen molar-refractivity contribution in [2.24, 2.45) is 5.92 Å². The van der Waals surface area contributed by atoms with E-state index in [1.54, 1.807) is 10.4 Å². The molecular formula is C10H12N2O3S. The number of amides is 1. The Morgan fingerprint density at radius 2 is 2.38 bits per heavy atom. The fourth-order valence-electron chi connectivity index (χ4n) is 1.84. The van der Waals surface area contributed by atoms with Crippen LogP contribution in [0.25, 0.3) is 0 Å². The molecule has 2 rings (SSSR count). The number of nitrogens with zero attached hydrogens (tertiary/aromatic N) is 2. The highest BCUT2D eigenvalue weighted by molar-refractivity contribution is 7.11. The first kappa shape index (κ1) is 11.1. The molecule has 1 aromatic heterocycles. The lowest BCUT2D eigenvalue weighted by Crippen LogP contribution is -2.42. The van der Waals surface area contributed by atoms with Gasteiger partial charge in [-0.1, -0.05) is 0 Å². The van der Waals surface area contributed by atoms with E-state index in [-0.39, 0.29) is 5.91 Å². The average molecular weight is 240 g/mol. The van der Waals surface area contributed by atoms with Gasteiger partial charge in [0.05, 0.1) is 17.6 Å². The number of rotatable bonds is 2. The molecule has 1 fully saturated rings. The number of carboxylic acids is 1. The Kier molecular flexibility index (Phi) is 3.19. The number of aromatic nitrogens is 1. The number of hydrogen-bond acceptors (Lipinski definition) is 4. The minimum atomic E-state index is -0.818. The van der Waals surface area contributed by atoms with Crippen molar-refractivity contribution in [1.29, 1.82) is 0 Å². The van der Waals surface area contributed by atoms with E-state index < -0.39 is 11.9 Å². The molecule has 1 aliphatic rings. The molecule has 0 aliphatic carbocycles. The summed E-state index contributed by atoms with van der Waals surface area (Å²) in [5.74, 6) is -1.35. The number of hydrogen-bond donors (Lipinski definition) is 1. The van der Waals surface area contributed by atoms with Crippen molar-refractivity contribution in [2.75, 3.05) is 13.1 Å². The van der Waals surface area contributed by atoms with E-state index >= 15 is 0 Å². The summed E-state index contributed by atoms with van der Waals surface area (Å²) < 4.78 is 0. The van der Waals surface area contributed by atoms with Gasteiger partial charge in [-0.3, -0.25) is 14.6 Å². The van der Waals surface area contributed by atoms with E-state index in [9.17, 15) is 9.59 Å². The number of aliphatic carboxylic acids is 1. The first-order chi connectivity index (χ1) is 7.68. The van der Waals surface area contributed by atoms with Crippen molar-refractivity contribution in [3.8, 4) is 0 Å². The number of likely N-dealkylation sites (tertiary alicyclic amines) is 1.